The SMILES string of the molecule is CCN1CCC2(CCN(c3nc(N)nc4c3CCCC43CCCC3)CC2)C1. The van der Waals surface area contributed by atoms with E-state index >= 15 is 0 Å². The van der Waals surface area contributed by atoms with E-state index in [1.807, 2.05) is 0 Å². The number of hydrogen-bond acceptors (Lipinski definition) is 5. The van der Waals surface area contributed by atoms with Gasteiger partial charge in [0.1, 0.15) is 5.82 Å². The van der Waals surface area contributed by atoms with Crippen LogP contribution in [-0.2, 0) is 11.8 Å². The summed E-state index contributed by atoms with van der Waals surface area (Å²) in [7, 11) is 0. The molecule has 148 valence electrons. The van der Waals surface area contributed by atoms with Crippen LogP contribution in [-0.4, -0.2) is 47.6 Å². The first-order valence-corrected chi connectivity index (χ1v) is 11.3. The number of nitrogens with zero attached hydrogens (tertiary/aromatic N) is 4. The standard InChI is InChI=1S/C22H35N5/c1-2-26-13-10-21(16-26)11-14-27(15-12-21)19-17-6-5-9-22(7-3-4-8-22)18(17)24-20(23)25-19/h2-16H2,1H3,(H2,23,24,25). The predicted octanol–water partition coefficient (Wildman–Crippen LogP) is 3.52. The Morgan fingerprint density at radius 1 is 0.926 bits per heavy atom. The maximum atomic E-state index is 6.24. The molecule has 0 bridgehead atoms. The first kappa shape index (κ1) is 17.7. The molecule has 0 unspecified atom stereocenters. The molecule has 2 aliphatic heterocycles. The van der Waals surface area contributed by atoms with Gasteiger partial charge in [0.05, 0.1) is 5.69 Å². The van der Waals surface area contributed by atoms with Gasteiger partial charge >= 0.3 is 0 Å². The van der Waals surface area contributed by atoms with E-state index in [9.17, 15) is 0 Å². The van der Waals surface area contributed by atoms with E-state index in [1.165, 1.54) is 94.5 Å². The van der Waals surface area contributed by atoms with Crippen LogP contribution >= 0.6 is 0 Å². The van der Waals surface area contributed by atoms with Crippen LogP contribution in [0.15, 0.2) is 0 Å². The Morgan fingerprint density at radius 3 is 2.33 bits per heavy atom. The summed E-state index contributed by atoms with van der Waals surface area (Å²) < 4.78 is 0. The molecular formula is C22H35N5. The molecule has 0 aromatic carbocycles. The third-order valence-electron chi connectivity index (χ3n) is 8.24. The lowest BCUT2D eigenvalue weighted by atomic mass is 9.71. The summed E-state index contributed by atoms with van der Waals surface area (Å²) in [6.45, 7) is 8.34. The number of rotatable bonds is 2. The van der Waals surface area contributed by atoms with Crippen molar-refractivity contribution in [1.82, 2.24) is 14.9 Å². The van der Waals surface area contributed by atoms with Crippen molar-refractivity contribution in [2.24, 2.45) is 5.41 Å². The summed E-state index contributed by atoms with van der Waals surface area (Å²) in [6, 6.07) is 0. The molecule has 2 N–H and O–H groups in total. The first-order chi connectivity index (χ1) is 13.1. The summed E-state index contributed by atoms with van der Waals surface area (Å²) >= 11 is 0. The van der Waals surface area contributed by atoms with Gasteiger partial charge in [0.25, 0.3) is 0 Å². The van der Waals surface area contributed by atoms with Crippen molar-refractivity contribution in [2.45, 2.75) is 76.5 Å². The maximum Gasteiger partial charge on any atom is 0.222 e. The van der Waals surface area contributed by atoms with E-state index in [4.69, 9.17) is 15.7 Å². The van der Waals surface area contributed by atoms with Crippen molar-refractivity contribution in [1.29, 1.82) is 0 Å². The lowest BCUT2D eigenvalue weighted by Gasteiger charge is -2.42. The fraction of sp³-hybridized carbons (Fsp3) is 0.818. The number of nitrogen functional groups attached to an aromatic ring is 1. The van der Waals surface area contributed by atoms with Crippen LogP contribution in [0.5, 0.6) is 0 Å². The molecule has 5 heteroatoms. The van der Waals surface area contributed by atoms with E-state index in [2.05, 4.69) is 16.7 Å². The van der Waals surface area contributed by atoms with Crippen molar-refractivity contribution < 1.29 is 0 Å². The molecule has 27 heavy (non-hydrogen) atoms. The molecule has 0 amide bonds. The number of anilines is 2. The zero-order valence-corrected chi connectivity index (χ0v) is 17.0. The fourth-order valence-electron chi connectivity index (χ4n) is 6.58. The molecule has 5 rings (SSSR count). The van der Waals surface area contributed by atoms with Crippen LogP contribution in [0.3, 0.4) is 0 Å². The van der Waals surface area contributed by atoms with Gasteiger partial charge in [0.2, 0.25) is 5.95 Å². The number of aromatic nitrogens is 2. The molecule has 0 atom stereocenters. The van der Waals surface area contributed by atoms with Gasteiger partial charge in [-0.15, -0.1) is 0 Å². The van der Waals surface area contributed by atoms with E-state index in [1.54, 1.807) is 0 Å². The van der Waals surface area contributed by atoms with Crippen molar-refractivity contribution in [3.05, 3.63) is 11.3 Å². The zero-order chi connectivity index (χ0) is 18.5. The molecular weight excluding hydrogens is 334 g/mol. The summed E-state index contributed by atoms with van der Waals surface area (Å²) in [5, 5.41) is 0. The van der Waals surface area contributed by atoms with Crippen LogP contribution in [0.25, 0.3) is 0 Å². The Balaban J connectivity index is 1.41. The van der Waals surface area contributed by atoms with Gasteiger partial charge in [-0.2, -0.15) is 4.98 Å². The number of nitrogens with two attached hydrogens (primary N) is 1. The summed E-state index contributed by atoms with van der Waals surface area (Å²) in [4.78, 5) is 14.8. The second-order valence-corrected chi connectivity index (χ2v) is 9.68. The molecule has 3 fully saturated rings. The third-order valence-corrected chi connectivity index (χ3v) is 8.24. The molecule has 2 saturated heterocycles. The highest BCUT2D eigenvalue weighted by Crippen LogP contribution is 2.50. The van der Waals surface area contributed by atoms with Gasteiger partial charge in [0.15, 0.2) is 0 Å². The maximum absolute atomic E-state index is 6.24. The second-order valence-electron chi connectivity index (χ2n) is 9.68. The minimum atomic E-state index is 0.309. The van der Waals surface area contributed by atoms with Crippen molar-refractivity contribution in [3.63, 3.8) is 0 Å². The van der Waals surface area contributed by atoms with Crippen LogP contribution in [0.4, 0.5) is 11.8 Å². The van der Waals surface area contributed by atoms with Crippen molar-refractivity contribution in [3.8, 4) is 0 Å². The van der Waals surface area contributed by atoms with Crippen LogP contribution in [0, 0.1) is 5.41 Å². The highest BCUT2D eigenvalue weighted by Gasteiger charge is 2.44. The Hall–Kier alpha value is -1.36. The van der Waals surface area contributed by atoms with Crippen molar-refractivity contribution in [2.75, 3.05) is 43.4 Å². The number of hydrogen-bond donors (Lipinski definition) is 1. The lowest BCUT2D eigenvalue weighted by Crippen LogP contribution is -2.43. The fourth-order valence-corrected chi connectivity index (χ4v) is 6.58. The minimum Gasteiger partial charge on any atom is -0.368 e. The average molecular weight is 370 g/mol. The number of fused-ring (bicyclic) bond motifs is 2. The molecule has 0 radical (unpaired) electrons. The largest absolute Gasteiger partial charge is 0.368 e. The third kappa shape index (κ3) is 2.93. The molecule has 5 nitrogen and oxygen atoms in total. The summed E-state index contributed by atoms with van der Waals surface area (Å²) in [5.74, 6) is 1.68. The van der Waals surface area contributed by atoms with Crippen LogP contribution in [0.1, 0.15) is 76.0 Å². The van der Waals surface area contributed by atoms with Gasteiger partial charge in [-0.25, -0.2) is 4.98 Å². The molecule has 4 aliphatic rings. The highest BCUT2D eigenvalue weighted by molar-refractivity contribution is 5.55. The van der Waals surface area contributed by atoms with E-state index in [0.717, 1.165) is 19.5 Å². The molecule has 2 spiro atoms. The Bertz CT molecular complexity index is 701. The van der Waals surface area contributed by atoms with E-state index < -0.39 is 0 Å². The topological polar surface area (TPSA) is 58.3 Å². The summed E-state index contributed by atoms with van der Waals surface area (Å²) in [5.41, 5.74) is 9.86. The second kappa shape index (κ2) is 6.61. The van der Waals surface area contributed by atoms with Gasteiger partial charge in [-0.3, -0.25) is 0 Å². The average Bonchev–Trinajstić information content (AvgIpc) is 3.31. The number of piperidine rings is 1. The molecule has 1 aromatic rings. The molecule has 2 aliphatic carbocycles. The number of likely N-dealkylation sites (tertiary alicyclic amines) is 1. The Labute approximate surface area is 163 Å². The van der Waals surface area contributed by atoms with E-state index in [0.29, 0.717) is 16.8 Å². The smallest absolute Gasteiger partial charge is 0.222 e. The van der Waals surface area contributed by atoms with Crippen molar-refractivity contribution >= 4 is 11.8 Å². The van der Waals surface area contributed by atoms with Gasteiger partial charge in [-0.05, 0) is 69.9 Å². The Kier molecular flexibility index (Phi) is 4.34. The zero-order valence-electron chi connectivity index (χ0n) is 17.0. The lowest BCUT2D eigenvalue weighted by molar-refractivity contribution is 0.212. The molecule has 1 aromatic heterocycles. The van der Waals surface area contributed by atoms with Crippen LogP contribution in [0.2, 0.25) is 0 Å². The molecule has 1 saturated carbocycles. The highest BCUT2D eigenvalue weighted by atomic mass is 15.2. The quantitative estimate of drug-likeness (QED) is 0.864. The predicted molar refractivity (Wildman–Crippen MR) is 110 cm³/mol. The van der Waals surface area contributed by atoms with Gasteiger partial charge < -0.3 is 15.5 Å². The minimum absolute atomic E-state index is 0.309. The normalized spacial score (nSPS) is 26.8. The van der Waals surface area contributed by atoms with Gasteiger partial charge in [-0.1, -0.05) is 19.8 Å². The first-order valence-electron chi connectivity index (χ1n) is 11.3. The van der Waals surface area contributed by atoms with Gasteiger partial charge in [0, 0.05) is 30.6 Å². The summed E-state index contributed by atoms with van der Waals surface area (Å²) in [6.07, 6.45) is 13.0. The van der Waals surface area contributed by atoms with Crippen LogP contribution < -0.4 is 10.6 Å². The molecule has 3 heterocycles. The van der Waals surface area contributed by atoms with E-state index in [-0.39, 0.29) is 0 Å². The monoisotopic (exact) mass is 369 g/mol. The Morgan fingerprint density at radius 2 is 1.63 bits per heavy atom.